The molecule has 1 heteroatoms. The highest BCUT2D eigenvalue weighted by Crippen LogP contribution is 2.25. The van der Waals surface area contributed by atoms with Crippen molar-refractivity contribution in [2.75, 3.05) is 0 Å². The highest BCUT2D eigenvalue weighted by atomic mass is 14.7. The SMILES string of the molecule is C=Cc1ccc(C(N)(CC)CC)cc1. The molecule has 0 unspecified atom stereocenters. The lowest BCUT2D eigenvalue weighted by Gasteiger charge is -2.27. The second kappa shape index (κ2) is 4.43. The smallest absolute Gasteiger partial charge is 0.0404 e. The summed E-state index contributed by atoms with van der Waals surface area (Å²) in [4.78, 5) is 0. The molecule has 1 aromatic carbocycles. The van der Waals surface area contributed by atoms with Crippen molar-refractivity contribution in [3.05, 3.63) is 42.0 Å². The normalized spacial score (nSPS) is 11.4. The average Bonchev–Trinajstić information content (AvgIpc) is 2.28. The third-order valence-electron chi connectivity index (χ3n) is 2.98. The molecular formula is C13H19N. The van der Waals surface area contributed by atoms with Crippen LogP contribution in [0.2, 0.25) is 0 Å². The van der Waals surface area contributed by atoms with E-state index < -0.39 is 0 Å². The van der Waals surface area contributed by atoms with Crippen molar-refractivity contribution in [3.8, 4) is 0 Å². The van der Waals surface area contributed by atoms with Gasteiger partial charge in [-0.2, -0.15) is 0 Å². The molecule has 0 atom stereocenters. The molecule has 0 radical (unpaired) electrons. The summed E-state index contributed by atoms with van der Waals surface area (Å²) in [6.45, 7) is 7.99. The van der Waals surface area contributed by atoms with Gasteiger partial charge in [0.15, 0.2) is 0 Å². The summed E-state index contributed by atoms with van der Waals surface area (Å²) in [6.07, 6.45) is 3.79. The standard InChI is InChI=1S/C13H19N/c1-4-11-7-9-12(10-8-11)13(14,5-2)6-3/h4,7-10H,1,5-6,14H2,2-3H3. The van der Waals surface area contributed by atoms with Crippen LogP contribution < -0.4 is 5.73 Å². The third kappa shape index (κ3) is 2.05. The van der Waals surface area contributed by atoms with Crippen molar-refractivity contribution in [2.45, 2.75) is 32.2 Å². The van der Waals surface area contributed by atoms with Gasteiger partial charge in [0.1, 0.15) is 0 Å². The van der Waals surface area contributed by atoms with E-state index in [4.69, 9.17) is 5.73 Å². The number of rotatable bonds is 4. The van der Waals surface area contributed by atoms with Crippen LogP contribution in [0.1, 0.15) is 37.8 Å². The molecule has 0 saturated carbocycles. The van der Waals surface area contributed by atoms with Gasteiger partial charge in [-0.25, -0.2) is 0 Å². The highest BCUT2D eigenvalue weighted by Gasteiger charge is 2.21. The average molecular weight is 189 g/mol. The summed E-state index contributed by atoms with van der Waals surface area (Å²) in [5.74, 6) is 0. The van der Waals surface area contributed by atoms with Crippen LogP contribution >= 0.6 is 0 Å². The van der Waals surface area contributed by atoms with Gasteiger partial charge >= 0.3 is 0 Å². The van der Waals surface area contributed by atoms with Gasteiger partial charge in [0.25, 0.3) is 0 Å². The Morgan fingerprint density at radius 3 is 2.07 bits per heavy atom. The van der Waals surface area contributed by atoms with Gasteiger partial charge in [-0.05, 0) is 24.0 Å². The quantitative estimate of drug-likeness (QED) is 0.772. The molecule has 0 spiro atoms. The highest BCUT2D eigenvalue weighted by molar-refractivity contribution is 5.47. The molecular weight excluding hydrogens is 170 g/mol. The Balaban J connectivity index is 3.00. The van der Waals surface area contributed by atoms with Gasteiger partial charge < -0.3 is 5.73 Å². The first-order valence-corrected chi connectivity index (χ1v) is 5.18. The van der Waals surface area contributed by atoms with Crippen LogP contribution in [0.4, 0.5) is 0 Å². The van der Waals surface area contributed by atoms with Crippen molar-refractivity contribution >= 4 is 6.08 Å². The summed E-state index contributed by atoms with van der Waals surface area (Å²) in [5, 5.41) is 0. The van der Waals surface area contributed by atoms with E-state index in [-0.39, 0.29) is 5.54 Å². The van der Waals surface area contributed by atoms with Crippen LogP contribution in [0.15, 0.2) is 30.8 Å². The molecule has 14 heavy (non-hydrogen) atoms. The molecule has 1 rings (SSSR count). The third-order valence-corrected chi connectivity index (χ3v) is 2.98. The van der Waals surface area contributed by atoms with E-state index in [1.807, 2.05) is 6.08 Å². The predicted molar refractivity (Wildman–Crippen MR) is 63.0 cm³/mol. The molecule has 0 fully saturated rings. The predicted octanol–water partition coefficient (Wildman–Crippen LogP) is 3.30. The molecule has 0 aromatic heterocycles. The van der Waals surface area contributed by atoms with E-state index in [1.165, 1.54) is 5.56 Å². The summed E-state index contributed by atoms with van der Waals surface area (Å²) in [7, 11) is 0. The van der Waals surface area contributed by atoms with Gasteiger partial charge in [-0.1, -0.05) is 50.8 Å². The van der Waals surface area contributed by atoms with Crippen LogP contribution in [-0.4, -0.2) is 0 Å². The fourth-order valence-electron chi connectivity index (χ4n) is 1.61. The van der Waals surface area contributed by atoms with Gasteiger partial charge in [0, 0.05) is 5.54 Å². The van der Waals surface area contributed by atoms with Crippen molar-refractivity contribution in [1.29, 1.82) is 0 Å². The molecule has 1 aromatic rings. The first kappa shape index (κ1) is 11.0. The zero-order valence-electron chi connectivity index (χ0n) is 9.09. The van der Waals surface area contributed by atoms with E-state index in [1.54, 1.807) is 0 Å². The zero-order valence-corrected chi connectivity index (χ0v) is 9.09. The van der Waals surface area contributed by atoms with Crippen LogP contribution in [0, 0.1) is 0 Å². The molecule has 2 N–H and O–H groups in total. The monoisotopic (exact) mass is 189 g/mol. The Labute approximate surface area is 86.6 Å². The van der Waals surface area contributed by atoms with Gasteiger partial charge in [-0.3, -0.25) is 0 Å². The lowest BCUT2D eigenvalue weighted by molar-refractivity contribution is 0.413. The van der Waals surface area contributed by atoms with E-state index in [2.05, 4.69) is 44.7 Å². The summed E-state index contributed by atoms with van der Waals surface area (Å²) < 4.78 is 0. The van der Waals surface area contributed by atoms with E-state index >= 15 is 0 Å². The largest absolute Gasteiger partial charge is 0.321 e. The second-order valence-corrected chi connectivity index (χ2v) is 3.69. The molecule has 1 nitrogen and oxygen atoms in total. The molecule has 76 valence electrons. The molecule has 0 heterocycles. The summed E-state index contributed by atoms with van der Waals surface area (Å²) in [6, 6.07) is 8.33. The van der Waals surface area contributed by atoms with Crippen molar-refractivity contribution < 1.29 is 0 Å². The first-order valence-electron chi connectivity index (χ1n) is 5.18. The first-order chi connectivity index (χ1) is 6.66. The fraction of sp³-hybridized carbons (Fsp3) is 0.385. The maximum Gasteiger partial charge on any atom is 0.0404 e. The Kier molecular flexibility index (Phi) is 3.48. The number of nitrogens with two attached hydrogens (primary N) is 1. The molecule has 0 aliphatic rings. The Bertz CT molecular complexity index is 294. The van der Waals surface area contributed by atoms with E-state index in [9.17, 15) is 0 Å². The van der Waals surface area contributed by atoms with E-state index in [0.717, 1.165) is 18.4 Å². The second-order valence-electron chi connectivity index (χ2n) is 3.69. The van der Waals surface area contributed by atoms with Crippen LogP contribution in [0.25, 0.3) is 6.08 Å². The molecule has 0 aliphatic carbocycles. The van der Waals surface area contributed by atoms with E-state index in [0.29, 0.717) is 0 Å². The van der Waals surface area contributed by atoms with Gasteiger partial charge in [0.2, 0.25) is 0 Å². The maximum atomic E-state index is 6.28. The number of hydrogen-bond acceptors (Lipinski definition) is 1. The Morgan fingerprint density at radius 2 is 1.71 bits per heavy atom. The van der Waals surface area contributed by atoms with Crippen molar-refractivity contribution in [1.82, 2.24) is 0 Å². The number of benzene rings is 1. The van der Waals surface area contributed by atoms with Crippen molar-refractivity contribution in [2.24, 2.45) is 5.73 Å². The van der Waals surface area contributed by atoms with Crippen molar-refractivity contribution in [3.63, 3.8) is 0 Å². The molecule has 0 amide bonds. The van der Waals surface area contributed by atoms with Crippen LogP contribution in [0.5, 0.6) is 0 Å². The molecule has 0 saturated heterocycles. The molecule has 0 aliphatic heterocycles. The minimum atomic E-state index is -0.167. The topological polar surface area (TPSA) is 26.0 Å². The Morgan fingerprint density at radius 1 is 1.21 bits per heavy atom. The van der Waals surface area contributed by atoms with Gasteiger partial charge in [-0.15, -0.1) is 0 Å². The van der Waals surface area contributed by atoms with Crippen LogP contribution in [0.3, 0.4) is 0 Å². The fourth-order valence-corrected chi connectivity index (χ4v) is 1.61. The maximum absolute atomic E-state index is 6.28. The summed E-state index contributed by atoms with van der Waals surface area (Å²) >= 11 is 0. The minimum absolute atomic E-state index is 0.167. The summed E-state index contributed by atoms with van der Waals surface area (Å²) in [5.41, 5.74) is 8.47. The molecule has 0 bridgehead atoms. The number of hydrogen-bond donors (Lipinski definition) is 1. The van der Waals surface area contributed by atoms with Crippen LogP contribution in [-0.2, 0) is 5.54 Å². The Hall–Kier alpha value is -1.08. The zero-order chi connectivity index (χ0) is 10.6. The minimum Gasteiger partial charge on any atom is -0.321 e. The lowest BCUT2D eigenvalue weighted by Crippen LogP contribution is -2.34. The van der Waals surface area contributed by atoms with Gasteiger partial charge in [0.05, 0.1) is 0 Å². The lowest BCUT2D eigenvalue weighted by atomic mass is 9.85.